The smallest absolute Gasteiger partial charge is 0.140 e. The largest absolute Gasteiger partial charge is 0.367 e. The Kier molecular flexibility index (Phi) is 4.08. The summed E-state index contributed by atoms with van der Waals surface area (Å²) in [6.45, 7) is 3.67. The lowest BCUT2D eigenvalue weighted by molar-refractivity contribution is -0.0175. The zero-order chi connectivity index (χ0) is 16.5. The van der Waals surface area contributed by atoms with Crippen molar-refractivity contribution in [2.24, 2.45) is 0 Å². The fraction of sp³-hybridized carbons (Fsp3) is 0.263. The summed E-state index contributed by atoms with van der Waals surface area (Å²) in [5.41, 5.74) is 2.05. The third-order valence-corrected chi connectivity index (χ3v) is 4.54. The Morgan fingerprint density at radius 3 is 2.75 bits per heavy atom. The first-order valence-electron chi connectivity index (χ1n) is 8.06. The van der Waals surface area contributed by atoms with Gasteiger partial charge in [-0.15, -0.1) is 0 Å². The van der Waals surface area contributed by atoms with Crippen LogP contribution < -0.4 is 4.90 Å². The van der Waals surface area contributed by atoms with E-state index < -0.39 is 0 Å². The molecule has 1 fully saturated rings. The van der Waals surface area contributed by atoms with Crippen LogP contribution in [0.4, 0.5) is 5.82 Å². The molecule has 122 valence electrons. The fourth-order valence-corrected chi connectivity index (χ4v) is 3.41. The van der Waals surface area contributed by atoms with Crippen LogP contribution in [0.1, 0.15) is 18.6 Å². The molecule has 4 rings (SSSR count). The predicted octanol–water partition coefficient (Wildman–Crippen LogP) is 4.25. The molecule has 0 amide bonds. The van der Waals surface area contributed by atoms with Gasteiger partial charge >= 0.3 is 0 Å². The van der Waals surface area contributed by atoms with E-state index in [2.05, 4.69) is 33.9 Å². The minimum absolute atomic E-state index is 0.0345. The van der Waals surface area contributed by atoms with Gasteiger partial charge in [0, 0.05) is 23.5 Å². The molecule has 0 aliphatic carbocycles. The van der Waals surface area contributed by atoms with E-state index in [1.54, 1.807) is 6.33 Å². The van der Waals surface area contributed by atoms with Crippen LogP contribution in [-0.4, -0.2) is 29.2 Å². The molecule has 2 aromatic carbocycles. The summed E-state index contributed by atoms with van der Waals surface area (Å²) in [6.07, 6.45) is 1.76. The Bertz CT molecular complexity index is 856. The predicted molar refractivity (Wildman–Crippen MR) is 96.5 cm³/mol. The van der Waals surface area contributed by atoms with Gasteiger partial charge in [0.15, 0.2) is 0 Å². The Morgan fingerprint density at radius 1 is 1.08 bits per heavy atom. The fourth-order valence-electron chi connectivity index (χ4n) is 3.24. The van der Waals surface area contributed by atoms with E-state index in [0.29, 0.717) is 5.02 Å². The number of ether oxygens (including phenoxy) is 1. The highest BCUT2D eigenvalue weighted by Crippen LogP contribution is 2.31. The molecule has 0 radical (unpaired) electrons. The summed E-state index contributed by atoms with van der Waals surface area (Å²) in [4.78, 5) is 11.2. The van der Waals surface area contributed by atoms with Gasteiger partial charge in [-0.2, -0.15) is 0 Å². The monoisotopic (exact) mass is 339 g/mol. The van der Waals surface area contributed by atoms with Gasteiger partial charge in [-0.25, -0.2) is 9.97 Å². The number of fused-ring (bicyclic) bond motifs is 1. The van der Waals surface area contributed by atoms with Crippen LogP contribution in [-0.2, 0) is 4.74 Å². The van der Waals surface area contributed by atoms with E-state index in [1.165, 1.54) is 5.56 Å². The van der Waals surface area contributed by atoms with E-state index in [1.807, 2.05) is 36.4 Å². The molecule has 1 aliphatic heterocycles. The van der Waals surface area contributed by atoms with Crippen LogP contribution in [0.25, 0.3) is 10.9 Å². The van der Waals surface area contributed by atoms with Gasteiger partial charge in [0.1, 0.15) is 18.2 Å². The SMILES string of the molecule is CC1CN(c2ncnc3cc(Cl)ccc23)CC(c2ccccc2)O1. The highest BCUT2D eigenvalue weighted by atomic mass is 35.5. The maximum absolute atomic E-state index is 6.15. The number of hydrogen-bond donors (Lipinski definition) is 0. The highest BCUT2D eigenvalue weighted by Gasteiger charge is 2.28. The summed E-state index contributed by atoms with van der Waals surface area (Å²) in [7, 11) is 0. The number of anilines is 1. The standard InChI is InChI=1S/C19H18ClN3O/c1-13-10-23(11-18(24-13)14-5-3-2-4-6-14)19-16-8-7-15(20)9-17(16)21-12-22-19/h2-9,12-13,18H,10-11H2,1H3. The van der Waals surface area contributed by atoms with E-state index >= 15 is 0 Å². The number of rotatable bonds is 2. The van der Waals surface area contributed by atoms with Gasteiger partial charge in [0.2, 0.25) is 0 Å². The molecule has 24 heavy (non-hydrogen) atoms. The molecule has 1 aliphatic rings. The number of hydrogen-bond acceptors (Lipinski definition) is 4. The molecule has 0 spiro atoms. The molecule has 1 saturated heterocycles. The van der Waals surface area contributed by atoms with Gasteiger partial charge in [-0.3, -0.25) is 0 Å². The summed E-state index contributed by atoms with van der Waals surface area (Å²) < 4.78 is 6.15. The van der Waals surface area contributed by atoms with Crippen molar-refractivity contribution in [1.29, 1.82) is 0 Å². The average Bonchev–Trinajstić information content (AvgIpc) is 2.61. The van der Waals surface area contributed by atoms with E-state index in [9.17, 15) is 0 Å². The first-order valence-corrected chi connectivity index (χ1v) is 8.44. The van der Waals surface area contributed by atoms with Gasteiger partial charge in [-0.1, -0.05) is 41.9 Å². The maximum atomic E-state index is 6.15. The van der Waals surface area contributed by atoms with Crippen molar-refractivity contribution in [3.8, 4) is 0 Å². The topological polar surface area (TPSA) is 38.2 Å². The van der Waals surface area contributed by atoms with Gasteiger partial charge in [0.25, 0.3) is 0 Å². The molecule has 2 atom stereocenters. The molecule has 1 aromatic heterocycles. The van der Waals surface area contributed by atoms with E-state index in [0.717, 1.165) is 29.8 Å². The number of halogens is 1. The number of aromatic nitrogens is 2. The lowest BCUT2D eigenvalue weighted by Crippen LogP contribution is -2.43. The number of benzene rings is 2. The van der Waals surface area contributed by atoms with Crippen molar-refractivity contribution < 1.29 is 4.74 Å². The average molecular weight is 340 g/mol. The second-order valence-electron chi connectivity index (χ2n) is 6.11. The summed E-state index contributed by atoms with van der Waals surface area (Å²) in [6, 6.07) is 16.1. The van der Waals surface area contributed by atoms with Crippen LogP contribution in [0.5, 0.6) is 0 Å². The van der Waals surface area contributed by atoms with Crippen molar-refractivity contribution in [3.05, 3.63) is 65.4 Å². The quantitative estimate of drug-likeness (QED) is 0.699. The first-order chi connectivity index (χ1) is 11.7. The van der Waals surface area contributed by atoms with Crippen molar-refractivity contribution in [2.45, 2.75) is 19.1 Å². The van der Waals surface area contributed by atoms with E-state index in [4.69, 9.17) is 16.3 Å². The molecule has 0 saturated carbocycles. The zero-order valence-electron chi connectivity index (χ0n) is 13.4. The summed E-state index contributed by atoms with van der Waals surface area (Å²) >= 11 is 6.09. The maximum Gasteiger partial charge on any atom is 0.140 e. The van der Waals surface area contributed by atoms with Gasteiger partial charge in [0.05, 0.1) is 11.6 Å². The Balaban J connectivity index is 1.71. The molecule has 2 unspecified atom stereocenters. The van der Waals surface area contributed by atoms with Crippen molar-refractivity contribution in [1.82, 2.24) is 9.97 Å². The van der Waals surface area contributed by atoms with Crippen LogP contribution in [0, 0.1) is 0 Å². The normalized spacial score (nSPS) is 21.2. The van der Waals surface area contributed by atoms with Gasteiger partial charge < -0.3 is 9.64 Å². The van der Waals surface area contributed by atoms with Gasteiger partial charge in [-0.05, 0) is 30.7 Å². The number of morpholine rings is 1. The summed E-state index contributed by atoms with van der Waals surface area (Å²) in [5.74, 6) is 0.938. The Hall–Kier alpha value is -2.17. The molecule has 5 heteroatoms. The second-order valence-corrected chi connectivity index (χ2v) is 6.55. The van der Waals surface area contributed by atoms with Crippen molar-refractivity contribution >= 4 is 28.3 Å². The van der Waals surface area contributed by atoms with Crippen LogP contribution in [0.15, 0.2) is 54.9 Å². The molecular formula is C19H18ClN3O. The Labute approximate surface area is 146 Å². The van der Waals surface area contributed by atoms with Crippen molar-refractivity contribution in [2.75, 3.05) is 18.0 Å². The van der Waals surface area contributed by atoms with Crippen LogP contribution in [0.3, 0.4) is 0 Å². The van der Waals surface area contributed by atoms with Crippen LogP contribution in [0.2, 0.25) is 5.02 Å². The van der Waals surface area contributed by atoms with Crippen LogP contribution >= 0.6 is 11.6 Å². The van der Waals surface area contributed by atoms with Crippen molar-refractivity contribution in [3.63, 3.8) is 0 Å². The lowest BCUT2D eigenvalue weighted by atomic mass is 10.1. The first kappa shape index (κ1) is 15.4. The summed E-state index contributed by atoms with van der Waals surface area (Å²) in [5, 5.41) is 1.70. The van der Waals surface area contributed by atoms with E-state index in [-0.39, 0.29) is 12.2 Å². The minimum atomic E-state index is 0.0345. The molecule has 4 nitrogen and oxygen atoms in total. The zero-order valence-corrected chi connectivity index (χ0v) is 14.1. The minimum Gasteiger partial charge on any atom is -0.367 e. The molecule has 3 aromatic rings. The number of nitrogens with zero attached hydrogens (tertiary/aromatic N) is 3. The Morgan fingerprint density at radius 2 is 1.92 bits per heavy atom. The molecular weight excluding hydrogens is 322 g/mol. The molecule has 0 N–H and O–H groups in total. The third kappa shape index (κ3) is 2.95. The lowest BCUT2D eigenvalue weighted by Gasteiger charge is -2.38. The second kappa shape index (κ2) is 6.38. The molecule has 0 bridgehead atoms. The third-order valence-electron chi connectivity index (χ3n) is 4.31. The molecule has 2 heterocycles. The highest BCUT2D eigenvalue weighted by molar-refractivity contribution is 6.31.